The van der Waals surface area contributed by atoms with E-state index in [0.29, 0.717) is 16.7 Å². The van der Waals surface area contributed by atoms with Crippen LogP contribution in [0.25, 0.3) is 0 Å². The second-order valence-corrected chi connectivity index (χ2v) is 6.56. The summed E-state index contributed by atoms with van der Waals surface area (Å²) in [6.45, 7) is 2.74. The zero-order valence-corrected chi connectivity index (χ0v) is 14.0. The van der Waals surface area contributed by atoms with E-state index >= 15 is 0 Å². The monoisotopic (exact) mass is 330 g/mol. The first-order valence-electron chi connectivity index (χ1n) is 7.65. The predicted octanol–water partition coefficient (Wildman–Crippen LogP) is 4.11. The Bertz CT molecular complexity index is 456. The van der Waals surface area contributed by atoms with Gasteiger partial charge in [-0.1, -0.05) is 48.5 Å². The molecule has 0 heterocycles. The number of benzene rings is 1. The molecule has 2 rings (SSSR count). The van der Waals surface area contributed by atoms with Gasteiger partial charge in [0.25, 0.3) is 0 Å². The Morgan fingerprint density at radius 1 is 1.29 bits per heavy atom. The number of hydrazine groups is 1. The van der Waals surface area contributed by atoms with Crippen LogP contribution in [0.3, 0.4) is 0 Å². The highest BCUT2D eigenvalue weighted by Crippen LogP contribution is 2.36. The zero-order chi connectivity index (χ0) is 15.3. The van der Waals surface area contributed by atoms with Gasteiger partial charge in [-0.15, -0.1) is 0 Å². The van der Waals surface area contributed by atoms with Gasteiger partial charge in [-0.3, -0.25) is 11.3 Å². The molecular formula is C16H24Cl2N2O. The smallest absolute Gasteiger partial charge is 0.0851 e. The van der Waals surface area contributed by atoms with Crippen LogP contribution in [0.15, 0.2) is 18.2 Å². The van der Waals surface area contributed by atoms with Crippen LogP contribution in [0.4, 0.5) is 0 Å². The fourth-order valence-electron chi connectivity index (χ4n) is 3.34. The van der Waals surface area contributed by atoms with Crippen molar-refractivity contribution in [2.24, 2.45) is 5.84 Å². The third-order valence-corrected chi connectivity index (χ3v) is 4.99. The van der Waals surface area contributed by atoms with E-state index in [-0.39, 0.29) is 11.6 Å². The van der Waals surface area contributed by atoms with Crippen LogP contribution in [0, 0.1) is 0 Å². The Labute approximate surface area is 137 Å². The molecule has 1 aromatic carbocycles. The van der Waals surface area contributed by atoms with E-state index in [9.17, 15) is 0 Å². The van der Waals surface area contributed by atoms with Gasteiger partial charge in [0.05, 0.1) is 11.6 Å². The molecule has 1 saturated carbocycles. The molecule has 0 saturated heterocycles. The number of nitrogens with two attached hydrogens (primary N) is 1. The van der Waals surface area contributed by atoms with Crippen LogP contribution in [0.1, 0.15) is 44.6 Å². The first-order chi connectivity index (χ1) is 10.1. The number of ether oxygens (including phenoxy) is 1. The van der Waals surface area contributed by atoms with Crippen molar-refractivity contribution in [2.45, 2.75) is 57.1 Å². The van der Waals surface area contributed by atoms with E-state index in [1.807, 2.05) is 19.1 Å². The lowest BCUT2D eigenvalue weighted by molar-refractivity contribution is -0.0898. The zero-order valence-electron chi connectivity index (χ0n) is 12.5. The standard InChI is InChI=1S/C16H24Cl2N2O/c1-2-21-16(8-4-3-5-9-16)15(20-19)10-12-6-7-13(17)11-14(12)18/h6-7,11,15,20H,2-5,8-10,19H2,1H3. The largest absolute Gasteiger partial charge is 0.374 e. The Hall–Kier alpha value is -0.320. The summed E-state index contributed by atoms with van der Waals surface area (Å²) in [5, 5.41) is 1.34. The van der Waals surface area contributed by atoms with Gasteiger partial charge >= 0.3 is 0 Å². The maximum Gasteiger partial charge on any atom is 0.0851 e. The Morgan fingerprint density at radius 2 is 2.00 bits per heavy atom. The van der Waals surface area contributed by atoms with E-state index in [1.54, 1.807) is 6.07 Å². The highest BCUT2D eigenvalue weighted by molar-refractivity contribution is 6.35. The van der Waals surface area contributed by atoms with E-state index in [2.05, 4.69) is 5.43 Å². The van der Waals surface area contributed by atoms with E-state index in [0.717, 1.165) is 24.8 Å². The highest BCUT2D eigenvalue weighted by Gasteiger charge is 2.40. The molecule has 21 heavy (non-hydrogen) atoms. The SMILES string of the molecule is CCOC1(C(Cc2ccc(Cl)cc2Cl)NN)CCCCC1. The summed E-state index contributed by atoms with van der Waals surface area (Å²) in [7, 11) is 0. The van der Waals surface area contributed by atoms with Crippen molar-refractivity contribution < 1.29 is 4.74 Å². The topological polar surface area (TPSA) is 47.3 Å². The Kier molecular flexibility index (Phi) is 6.33. The fraction of sp³-hybridized carbons (Fsp3) is 0.625. The van der Waals surface area contributed by atoms with Gasteiger partial charge < -0.3 is 4.74 Å². The molecule has 0 spiro atoms. The number of hydrogen-bond acceptors (Lipinski definition) is 3. The van der Waals surface area contributed by atoms with Crippen LogP contribution >= 0.6 is 23.2 Å². The maximum absolute atomic E-state index is 6.30. The van der Waals surface area contributed by atoms with Crippen molar-refractivity contribution in [2.75, 3.05) is 6.61 Å². The van der Waals surface area contributed by atoms with Gasteiger partial charge in [0.1, 0.15) is 0 Å². The number of nitrogens with one attached hydrogen (secondary N) is 1. The molecule has 3 nitrogen and oxygen atoms in total. The average molecular weight is 331 g/mol. The molecule has 1 unspecified atom stereocenters. The van der Waals surface area contributed by atoms with Gasteiger partial charge in [0.2, 0.25) is 0 Å². The molecule has 1 aliphatic rings. The number of rotatable bonds is 6. The summed E-state index contributed by atoms with van der Waals surface area (Å²) in [5.41, 5.74) is 3.83. The molecule has 5 heteroatoms. The number of hydrogen-bond donors (Lipinski definition) is 2. The molecule has 1 atom stereocenters. The summed E-state index contributed by atoms with van der Waals surface area (Å²) in [4.78, 5) is 0. The fourth-order valence-corrected chi connectivity index (χ4v) is 3.82. The second kappa shape index (κ2) is 7.80. The molecular weight excluding hydrogens is 307 g/mol. The minimum absolute atomic E-state index is 0.0522. The Morgan fingerprint density at radius 3 is 2.57 bits per heavy atom. The van der Waals surface area contributed by atoms with Crippen molar-refractivity contribution >= 4 is 23.2 Å². The van der Waals surface area contributed by atoms with Crippen molar-refractivity contribution in [1.82, 2.24) is 5.43 Å². The van der Waals surface area contributed by atoms with Gasteiger partial charge in [0, 0.05) is 16.7 Å². The van der Waals surface area contributed by atoms with Gasteiger partial charge in [-0.2, -0.15) is 0 Å². The molecule has 1 fully saturated rings. The molecule has 1 aromatic rings. The quantitative estimate of drug-likeness (QED) is 0.609. The molecule has 0 aliphatic heterocycles. The van der Waals surface area contributed by atoms with Crippen molar-refractivity contribution in [1.29, 1.82) is 0 Å². The van der Waals surface area contributed by atoms with Crippen LogP contribution in [0.5, 0.6) is 0 Å². The summed E-state index contributed by atoms with van der Waals surface area (Å²) < 4.78 is 6.15. The van der Waals surface area contributed by atoms with Crippen LogP contribution in [-0.2, 0) is 11.2 Å². The second-order valence-electron chi connectivity index (χ2n) is 5.72. The minimum Gasteiger partial charge on any atom is -0.374 e. The maximum atomic E-state index is 6.30. The molecule has 1 aliphatic carbocycles. The van der Waals surface area contributed by atoms with Crippen LogP contribution < -0.4 is 11.3 Å². The lowest BCUT2D eigenvalue weighted by Gasteiger charge is -2.43. The third kappa shape index (κ3) is 4.11. The highest BCUT2D eigenvalue weighted by atomic mass is 35.5. The molecule has 3 N–H and O–H groups in total. The molecule has 0 aromatic heterocycles. The lowest BCUT2D eigenvalue weighted by Crippen LogP contribution is -2.57. The number of halogens is 2. The van der Waals surface area contributed by atoms with Gasteiger partial charge in [0.15, 0.2) is 0 Å². The van der Waals surface area contributed by atoms with E-state index < -0.39 is 0 Å². The van der Waals surface area contributed by atoms with Crippen molar-refractivity contribution in [3.05, 3.63) is 33.8 Å². The van der Waals surface area contributed by atoms with Crippen molar-refractivity contribution in [3.8, 4) is 0 Å². The molecule has 118 valence electrons. The molecule has 0 radical (unpaired) electrons. The van der Waals surface area contributed by atoms with Crippen LogP contribution in [-0.4, -0.2) is 18.2 Å². The molecule has 0 bridgehead atoms. The van der Waals surface area contributed by atoms with Gasteiger partial charge in [-0.05, 0) is 43.9 Å². The predicted molar refractivity (Wildman–Crippen MR) is 88.7 cm³/mol. The summed E-state index contributed by atoms with van der Waals surface area (Å²) in [6.07, 6.45) is 6.47. The van der Waals surface area contributed by atoms with E-state index in [1.165, 1.54) is 19.3 Å². The minimum atomic E-state index is -0.190. The summed E-state index contributed by atoms with van der Waals surface area (Å²) in [6, 6.07) is 5.67. The summed E-state index contributed by atoms with van der Waals surface area (Å²) >= 11 is 12.3. The Balaban J connectivity index is 2.20. The first kappa shape index (κ1) is 17.0. The van der Waals surface area contributed by atoms with Gasteiger partial charge in [-0.25, -0.2) is 0 Å². The average Bonchev–Trinajstić information content (AvgIpc) is 2.47. The third-order valence-electron chi connectivity index (χ3n) is 4.41. The lowest BCUT2D eigenvalue weighted by atomic mass is 9.77. The van der Waals surface area contributed by atoms with Crippen LogP contribution in [0.2, 0.25) is 10.0 Å². The van der Waals surface area contributed by atoms with Crippen molar-refractivity contribution in [3.63, 3.8) is 0 Å². The summed E-state index contributed by atoms with van der Waals surface area (Å²) in [5.74, 6) is 5.85. The van der Waals surface area contributed by atoms with E-state index in [4.69, 9.17) is 33.8 Å². The first-order valence-corrected chi connectivity index (χ1v) is 8.41. The molecule has 0 amide bonds. The normalized spacial score (nSPS) is 19.4.